The van der Waals surface area contributed by atoms with Crippen molar-refractivity contribution in [3.8, 4) is 22.6 Å². The summed E-state index contributed by atoms with van der Waals surface area (Å²) in [5, 5.41) is 16.6. The third-order valence-corrected chi connectivity index (χ3v) is 5.73. The third-order valence-electron chi connectivity index (χ3n) is 5.04. The number of aliphatic hydroxyl groups is 1. The van der Waals surface area contributed by atoms with Crippen LogP contribution in [0.4, 0.5) is 5.13 Å². The Labute approximate surface area is 182 Å². The maximum Gasteiger partial charge on any atom is 0.278 e. The molecule has 0 aliphatic rings. The molecule has 1 amide bonds. The van der Waals surface area contributed by atoms with Gasteiger partial charge in [-0.05, 0) is 16.3 Å². The monoisotopic (exact) mass is 426 g/mol. The molecule has 0 aliphatic heterocycles. The molecule has 2 heterocycles. The number of aromatic nitrogens is 3. The molecule has 5 aromatic rings. The molecule has 0 atom stereocenters. The summed E-state index contributed by atoms with van der Waals surface area (Å²) < 4.78 is 0. The number of rotatable bonds is 5. The van der Waals surface area contributed by atoms with Crippen LogP contribution in [0.3, 0.4) is 0 Å². The highest BCUT2D eigenvalue weighted by atomic mass is 32.1. The van der Waals surface area contributed by atoms with Crippen molar-refractivity contribution in [3.05, 3.63) is 89.6 Å². The van der Waals surface area contributed by atoms with E-state index in [2.05, 4.69) is 20.3 Å². The van der Waals surface area contributed by atoms with Gasteiger partial charge in [0.1, 0.15) is 5.82 Å². The topological polar surface area (TPSA) is 90.9 Å². The highest BCUT2D eigenvalue weighted by Gasteiger charge is 2.21. The molecule has 0 aliphatic carbocycles. The van der Waals surface area contributed by atoms with Crippen molar-refractivity contribution in [2.24, 2.45) is 0 Å². The molecule has 5 rings (SSSR count). The maximum absolute atomic E-state index is 13.1. The molecule has 31 heavy (non-hydrogen) atoms. The lowest BCUT2D eigenvalue weighted by molar-refractivity contribution is 0.102. The molecule has 3 N–H and O–H groups in total. The van der Waals surface area contributed by atoms with Crippen molar-refractivity contribution in [3.63, 3.8) is 0 Å². The number of thiazole rings is 1. The SMILES string of the molecule is O=C(Nc1nccs1)c1nc(-c2cccc3ccccc23)[nH]c1-c1ccc(CO)cc1. The van der Waals surface area contributed by atoms with Crippen LogP contribution in [-0.4, -0.2) is 26.0 Å². The van der Waals surface area contributed by atoms with Gasteiger partial charge in [-0.3, -0.25) is 10.1 Å². The third kappa shape index (κ3) is 3.72. The first-order valence-electron chi connectivity index (χ1n) is 9.72. The second kappa shape index (κ2) is 8.14. The van der Waals surface area contributed by atoms with Gasteiger partial charge in [0.05, 0.1) is 12.3 Å². The second-order valence-corrected chi connectivity index (χ2v) is 7.88. The number of aliphatic hydroxyl groups excluding tert-OH is 1. The van der Waals surface area contributed by atoms with E-state index >= 15 is 0 Å². The molecule has 6 nitrogen and oxygen atoms in total. The number of carbonyl (C=O) groups excluding carboxylic acids is 1. The van der Waals surface area contributed by atoms with Crippen molar-refractivity contribution < 1.29 is 9.90 Å². The second-order valence-electron chi connectivity index (χ2n) is 6.98. The number of amides is 1. The van der Waals surface area contributed by atoms with Crippen LogP contribution in [0.25, 0.3) is 33.4 Å². The Hall–Kier alpha value is -3.81. The molecule has 0 unspecified atom stereocenters. The Morgan fingerprint density at radius 2 is 1.84 bits per heavy atom. The first-order chi connectivity index (χ1) is 15.2. The number of hydrogen-bond donors (Lipinski definition) is 3. The van der Waals surface area contributed by atoms with E-state index in [0.717, 1.165) is 27.5 Å². The molecule has 2 aromatic heterocycles. The van der Waals surface area contributed by atoms with Gasteiger partial charge in [0.25, 0.3) is 5.91 Å². The largest absolute Gasteiger partial charge is 0.392 e. The number of anilines is 1. The summed E-state index contributed by atoms with van der Waals surface area (Å²) in [4.78, 5) is 25.2. The molecule has 0 radical (unpaired) electrons. The summed E-state index contributed by atoms with van der Waals surface area (Å²) in [5.41, 5.74) is 3.42. The number of nitrogens with one attached hydrogen (secondary N) is 2. The minimum absolute atomic E-state index is 0.0398. The van der Waals surface area contributed by atoms with Crippen molar-refractivity contribution >= 4 is 33.1 Å². The minimum Gasteiger partial charge on any atom is -0.392 e. The Morgan fingerprint density at radius 1 is 1.03 bits per heavy atom. The predicted octanol–water partition coefficient (Wildman–Crippen LogP) is 5.10. The number of benzene rings is 3. The van der Waals surface area contributed by atoms with Gasteiger partial charge in [-0.2, -0.15) is 0 Å². The Balaban J connectivity index is 1.64. The van der Waals surface area contributed by atoms with Crippen LogP contribution in [0.15, 0.2) is 78.3 Å². The summed E-state index contributed by atoms with van der Waals surface area (Å²) in [7, 11) is 0. The highest BCUT2D eigenvalue weighted by Crippen LogP contribution is 2.31. The zero-order valence-corrected chi connectivity index (χ0v) is 17.2. The fraction of sp³-hybridized carbons (Fsp3) is 0.0417. The standard InChI is InChI=1S/C24H18N4O2S/c29-14-15-8-10-17(11-9-15)20-21(23(30)28-24-25-12-13-31-24)27-22(26-20)19-7-3-5-16-4-1-2-6-18(16)19/h1-13,29H,14H2,(H,26,27)(H,25,28,30). The number of carbonyl (C=O) groups is 1. The molecule has 0 saturated carbocycles. The fourth-order valence-electron chi connectivity index (χ4n) is 3.52. The molecular formula is C24H18N4O2S. The molecule has 0 bridgehead atoms. The van der Waals surface area contributed by atoms with E-state index in [9.17, 15) is 9.90 Å². The van der Waals surface area contributed by atoms with Crippen LogP contribution < -0.4 is 5.32 Å². The maximum atomic E-state index is 13.1. The first kappa shape index (κ1) is 19.2. The summed E-state index contributed by atoms with van der Waals surface area (Å²) >= 11 is 1.35. The molecule has 0 saturated heterocycles. The normalized spacial score (nSPS) is 11.0. The van der Waals surface area contributed by atoms with E-state index in [-0.39, 0.29) is 18.2 Å². The molecular weight excluding hydrogens is 408 g/mol. The first-order valence-corrected chi connectivity index (χ1v) is 10.6. The lowest BCUT2D eigenvalue weighted by Gasteiger charge is -2.04. The summed E-state index contributed by atoms with van der Waals surface area (Å²) in [5.74, 6) is 0.279. The number of fused-ring (bicyclic) bond motifs is 1. The van der Waals surface area contributed by atoms with Gasteiger partial charge in [0.2, 0.25) is 0 Å². The quantitative estimate of drug-likeness (QED) is 0.365. The molecule has 7 heteroatoms. The minimum atomic E-state index is -0.334. The van der Waals surface area contributed by atoms with Gasteiger partial charge < -0.3 is 10.1 Å². The van der Waals surface area contributed by atoms with Gasteiger partial charge in [-0.1, -0.05) is 66.7 Å². The van der Waals surface area contributed by atoms with Gasteiger partial charge in [0, 0.05) is 22.7 Å². The highest BCUT2D eigenvalue weighted by molar-refractivity contribution is 7.13. The summed E-state index contributed by atoms with van der Waals surface area (Å²) in [6.07, 6.45) is 1.64. The van der Waals surface area contributed by atoms with Crippen LogP contribution in [0.5, 0.6) is 0 Å². The summed E-state index contributed by atoms with van der Waals surface area (Å²) in [6, 6.07) is 21.5. The number of H-pyrrole nitrogens is 1. The van der Waals surface area contributed by atoms with Crippen molar-refractivity contribution in [1.82, 2.24) is 15.0 Å². The van der Waals surface area contributed by atoms with Gasteiger partial charge >= 0.3 is 0 Å². The van der Waals surface area contributed by atoms with Gasteiger partial charge in [0.15, 0.2) is 10.8 Å². The van der Waals surface area contributed by atoms with E-state index in [1.807, 2.05) is 66.7 Å². The zero-order chi connectivity index (χ0) is 21.2. The van der Waals surface area contributed by atoms with Gasteiger partial charge in [-0.15, -0.1) is 11.3 Å². The lowest BCUT2D eigenvalue weighted by Crippen LogP contribution is -2.13. The van der Waals surface area contributed by atoms with Crippen LogP contribution in [-0.2, 0) is 6.61 Å². The van der Waals surface area contributed by atoms with E-state index in [1.54, 1.807) is 11.6 Å². The van der Waals surface area contributed by atoms with E-state index < -0.39 is 0 Å². The van der Waals surface area contributed by atoms with Crippen LogP contribution in [0, 0.1) is 0 Å². The average molecular weight is 427 g/mol. The number of nitrogens with zero attached hydrogens (tertiary/aromatic N) is 2. The van der Waals surface area contributed by atoms with E-state index in [0.29, 0.717) is 16.6 Å². The van der Waals surface area contributed by atoms with Crippen molar-refractivity contribution in [2.45, 2.75) is 6.61 Å². The van der Waals surface area contributed by atoms with Crippen LogP contribution >= 0.6 is 11.3 Å². The Kier molecular flexibility index (Phi) is 5.03. The summed E-state index contributed by atoms with van der Waals surface area (Å²) in [6.45, 7) is -0.0398. The van der Waals surface area contributed by atoms with E-state index in [4.69, 9.17) is 0 Å². The number of hydrogen-bond acceptors (Lipinski definition) is 5. The lowest BCUT2D eigenvalue weighted by atomic mass is 10.0. The average Bonchev–Trinajstić information content (AvgIpc) is 3.49. The van der Waals surface area contributed by atoms with Crippen LogP contribution in [0.2, 0.25) is 0 Å². The number of aromatic amines is 1. The smallest absolute Gasteiger partial charge is 0.278 e. The van der Waals surface area contributed by atoms with Gasteiger partial charge in [-0.25, -0.2) is 9.97 Å². The molecule has 0 spiro atoms. The molecule has 3 aromatic carbocycles. The fourth-order valence-corrected chi connectivity index (χ4v) is 4.05. The van der Waals surface area contributed by atoms with Crippen molar-refractivity contribution in [1.29, 1.82) is 0 Å². The number of imidazole rings is 1. The van der Waals surface area contributed by atoms with Crippen LogP contribution in [0.1, 0.15) is 16.1 Å². The molecule has 152 valence electrons. The predicted molar refractivity (Wildman–Crippen MR) is 123 cm³/mol. The Bertz CT molecular complexity index is 1350. The van der Waals surface area contributed by atoms with E-state index in [1.165, 1.54) is 11.3 Å². The van der Waals surface area contributed by atoms with Crippen molar-refractivity contribution in [2.75, 3.05) is 5.32 Å². The Morgan fingerprint density at radius 3 is 2.61 bits per heavy atom. The molecule has 0 fully saturated rings. The zero-order valence-electron chi connectivity index (χ0n) is 16.4.